The molecular weight excluding hydrogens is 378 g/mol. The average molecular weight is 408 g/mol. The first-order valence-electron chi connectivity index (χ1n) is 10.5. The first-order chi connectivity index (χ1) is 14.0. The fraction of sp³-hybridized carbons (Fsp3) is 0.636. The molecular formula is C22H30F2N2O3. The summed E-state index contributed by atoms with van der Waals surface area (Å²) in [5.41, 5.74) is 0.410. The van der Waals surface area contributed by atoms with Crippen LogP contribution in [0.5, 0.6) is 0 Å². The Balaban J connectivity index is 1.40. The van der Waals surface area contributed by atoms with E-state index < -0.39 is 11.6 Å². The lowest BCUT2D eigenvalue weighted by Crippen LogP contribution is -2.37. The number of nitrogens with zero attached hydrogens (tertiary/aromatic N) is 2. The Kier molecular flexibility index (Phi) is 7.58. The van der Waals surface area contributed by atoms with Crippen LogP contribution in [-0.4, -0.2) is 55.0 Å². The van der Waals surface area contributed by atoms with Gasteiger partial charge in [-0.3, -0.25) is 14.5 Å². The molecule has 3 rings (SSSR count). The first-order valence-corrected chi connectivity index (χ1v) is 10.5. The largest absolute Gasteiger partial charge is 0.469 e. The predicted octanol–water partition coefficient (Wildman–Crippen LogP) is 3.37. The predicted molar refractivity (Wildman–Crippen MR) is 105 cm³/mol. The molecule has 2 saturated heterocycles. The Morgan fingerprint density at radius 2 is 1.79 bits per heavy atom. The highest BCUT2D eigenvalue weighted by Gasteiger charge is 2.33. The maximum atomic E-state index is 13.9. The number of halogens is 2. The lowest BCUT2D eigenvalue weighted by atomic mass is 9.83. The van der Waals surface area contributed by atoms with Crippen LogP contribution < -0.4 is 0 Å². The van der Waals surface area contributed by atoms with Crippen molar-refractivity contribution in [1.29, 1.82) is 0 Å². The van der Waals surface area contributed by atoms with Gasteiger partial charge in [-0.15, -0.1) is 0 Å². The Morgan fingerprint density at radius 1 is 1.07 bits per heavy atom. The Morgan fingerprint density at radius 3 is 2.52 bits per heavy atom. The second-order valence-corrected chi connectivity index (χ2v) is 8.14. The highest BCUT2D eigenvalue weighted by Crippen LogP contribution is 2.32. The molecule has 1 aromatic carbocycles. The number of methoxy groups -OCH3 is 1. The Labute approximate surface area is 171 Å². The summed E-state index contributed by atoms with van der Waals surface area (Å²) in [6, 6.07) is 4.34. The van der Waals surface area contributed by atoms with E-state index in [1.807, 2.05) is 4.90 Å². The Hall–Kier alpha value is -2.02. The fourth-order valence-corrected chi connectivity index (χ4v) is 4.54. The summed E-state index contributed by atoms with van der Waals surface area (Å²) in [6.07, 6.45) is 4.26. The molecule has 0 bridgehead atoms. The minimum absolute atomic E-state index is 0.121. The average Bonchev–Trinajstić information content (AvgIpc) is 3.22. The molecule has 0 radical (unpaired) electrons. The molecule has 0 aliphatic carbocycles. The number of piperidine rings is 1. The third-order valence-electron chi connectivity index (χ3n) is 6.30. The van der Waals surface area contributed by atoms with Gasteiger partial charge in [-0.25, -0.2) is 8.78 Å². The molecule has 5 nitrogen and oxygen atoms in total. The molecule has 29 heavy (non-hydrogen) atoms. The van der Waals surface area contributed by atoms with E-state index in [1.165, 1.54) is 7.11 Å². The molecule has 2 fully saturated rings. The van der Waals surface area contributed by atoms with E-state index in [2.05, 4.69) is 9.64 Å². The van der Waals surface area contributed by atoms with E-state index >= 15 is 0 Å². The van der Waals surface area contributed by atoms with Crippen LogP contribution in [0.15, 0.2) is 18.2 Å². The maximum absolute atomic E-state index is 13.9. The fourth-order valence-electron chi connectivity index (χ4n) is 4.54. The van der Waals surface area contributed by atoms with E-state index in [0.717, 1.165) is 51.5 Å². The minimum atomic E-state index is -0.792. The quantitative estimate of drug-likeness (QED) is 0.649. The van der Waals surface area contributed by atoms with Crippen LogP contribution in [0, 0.1) is 23.5 Å². The van der Waals surface area contributed by atoms with Crippen molar-refractivity contribution < 1.29 is 23.1 Å². The molecule has 0 saturated carbocycles. The number of esters is 1. The van der Waals surface area contributed by atoms with E-state index in [0.29, 0.717) is 36.8 Å². The van der Waals surface area contributed by atoms with E-state index in [-0.39, 0.29) is 18.3 Å². The third kappa shape index (κ3) is 5.75. The van der Waals surface area contributed by atoms with Gasteiger partial charge in [-0.05, 0) is 56.7 Å². The standard InChI is InChI=1S/C22H30F2N2O3/c1-29-21(28)7-3-6-20(27)26-13-10-17(15-26)16-8-11-25(12-9-16)14-18-4-2-5-19(23)22(18)24/h2,4-5,16-17H,3,6-15H2,1H3. The summed E-state index contributed by atoms with van der Waals surface area (Å²) in [7, 11) is 1.36. The summed E-state index contributed by atoms with van der Waals surface area (Å²) < 4.78 is 31.9. The van der Waals surface area contributed by atoms with Crippen LogP contribution in [0.3, 0.4) is 0 Å². The molecule has 0 spiro atoms. The van der Waals surface area contributed by atoms with Crippen LogP contribution in [-0.2, 0) is 20.9 Å². The molecule has 2 heterocycles. The van der Waals surface area contributed by atoms with Gasteiger partial charge in [0, 0.05) is 38.0 Å². The van der Waals surface area contributed by atoms with E-state index in [9.17, 15) is 18.4 Å². The molecule has 2 aliphatic heterocycles. The van der Waals surface area contributed by atoms with Gasteiger partial charge in [0.25, 0.3) is 0 Å². The van der Waals surface area contributed by atoms with Gasteiger partial charge in [0.1, 0.15) is 0 Å². The lowest BCUT2D eigenvalue weighted by Gasteiger charge is -2.35. The number of hydrogen-bond donors (Lipinski definition) is 0. The SMILES string of the molecule is COC(=O)CCCC(=O)N1CCC(C2CCN(Cc3cccc(F)c3F)CC2)C1. The smallest absolute Gasteiger partial charge is 0.305 e. The van der Waals surface area contributed by atoms with E-state index in [1.54, 1.807) is 12.1 Å². The van der Waals surface area contributed by atoms with Crippen molar-refractivity contribution in [3.05, 3.63) is 35.4 Å². The number of rotatable bonds is 7. The van der Waals surface area contributed by atoms with Crippen molar-refractivity contribution in [2.75, 3.05) is 33.3 Å². The first kappa shape index (κ1) is 21.7. The zero-order chi connectivity index (χ0) is 20.8. The third-order valence-corrected chi connectivity index (χ3v) is 6.30. The molecule has 1 atom stereocenters. The van der Waals surface area contributed by atoms with E-state index in [4.69, 9.17) is 0 Å². The number of ether oxygens (including phenoxy) is 1. The number of benzene rings is 1. The lowest BCUT2D eigenvalue weighted by molar-refractivity contribution is -0.140. The van der Waals surface area contributed by atoms with Gasteiger partial charge in [-0.1, -0.05) is 12.1 Å². The molecule has 0 N–H and O–H groups in total. The minimum Gasteiger partial charge on any atom is -0.469 e. The normalized spacial score (nSPS) is 20.8. The van der Waals surface area contributed by atoms with Gasteiger partial charge in [0.2, 0.25) is 5.91 Å². The highest BCUT2D eigenvalue weighted by atomic mass is 19.2. The number of likely N-dealkylation sites (tertiary alicyclic amines) is 2. The van der Waals surface area contributed by atoms with Crippen LogP contribution in [0.1, 0.15) is 44.1 Å². The summed E-state index contributed by atoms with van der Waals surface area (Å²) in [4.78, 5) is 27.6. The zero-order valence-corrected chi connectivity index (χ0v) is 17.0. The second kappa shape index (κ2) is 10.1. The van der Waals surface area contributed by atoms with Crippen molar-refractivity contribution in [3.8, 4) is 0 Å². The van der Waals surface area contributed by atoms with Crippen molar-refractivity contribution in [1.82, 2.24) is 9.80 Å². The monoisotopic (exact) mass is 408 g/mol. The summed E-state index contributed by atoms with van der Waals surface area (Å²) >= 11 is 0. The maximum Gasteiger partial charge on any atom is 0.305 e. The zero-order valence-electron chi connectivity index (χ0n) is 17.0. The van der Waals surface area contributed by atoms with Crippen LogP contribution in [0.25, 0.3) is 0 Å². The second-order valence-electron chi connectivity index (χ2n) is 8.14. The van der Waals surface area contributed by atoms with Gasteiger partial charge < -0.3 is 9.64 Å². The number of carbonyl (C=O) groups is 2. The molecule has 0 aromatic heterocycles. The van der Waals surface area contributed by atoms with Gasteiger partial charge in [0.05, 0.1) is 7.11 Å². The van der Waals surface area contributed by atoms with Crippen LogP contribution >= 0.6 is 0 Å². The van der Waals surface area contributed by atoms with Gasteiger partial charge in [-0.2, -0.15) is 0 Å². The van der Waals surface area contributed by atoms with Crippen molar-refractivity contribution in [3.63, 3.8) is 0 Å². The van der Waals surface area contributed by atoms with Crippen molar-refractivity contribution in [2.24, 2.45) is 11.8 Å². The number of carbonyl (C=O) groups excluding carboxylic acids is 2. The topological polar surface area (TPSA) is 49.9 Å². The van der Waals surface area contributed by atoms with Crippen molar-refractivity contribution >= 4 is 11.9 Å². The molecule has 1 amide bonds. The molecule has 1 unspecified atom stereocenters. The summed E-state index contributed by atoms with van der Waals surface area (Å²) in [6.45, 7) is 3.75. The summed E-state index contributed by atoms with van der Waals surface area (Å²) in [5, 5.41) is 0. The summed E-state index contributed by atoms with van der Waals surface area (Å²) in [5.74, 6) is -0.618. The molecule has 2 aliphatic rings. The number of amides is 1. The van der Waals surface area contributed by atoms with Gasteiger partial charge >= 0.3 is 5.97 Å². The van der Waals surface area contributed by atoms with Crippen molar-refractivity contribution in [2.45, 2.75) is 45.1 Å². The molecule has 1 aromatic rings. The number of hydrogen-bond acceptors (Lipinski definition) is 4. The highest BCUT2D eigenvalue weighted by molar-refractivity contribution is 5.77. The van der Waals surface area contributed by atoms with Gasteiger partial charge in [0.15, 0.2) is 11.6 Å². The van der Waals surface area contributed by atoms with Crippen LogP contribution in [0.4, 0.5) is 8.78 Å². The Bertz CT molecular complexity index is 720. The molecule has 160 valence electrons. The molecule has 7 heteroatoms. The van der Waals surface area contributed by atoms with Crippen LogP contribution in [0.2, 0.25) is 0 Å².